The third kappa shape index (κ3) is 5.67. The molecule has 2 saturated heterocycles. The molecule has 0 N–H and O–H groups in total. The van der Waals surface area contributed by atoms with Crippen molar-refractivity contribution < 1.29 is 23.5 Å². The number of imidazole rings is 1. The fraction of sp³-hybridized carbons (Fsp3) is 0.414. The van der Waals surface area contributed by atoms with Crippen LogP contribution in [0, 0.1) is 5.82 Å². The molecule has 0 bridgehead atoms. The third-order valence-corrected chi connectivity index (χ3v) is 7.66. The van der Waals surface area contributed by atoms with Crippen molar-refractivity contribution >= 4 is 17.0 Å². The zero-order chi connectivity index (χ0) is 26.8. The van der Waals surface area contributed by atoms with Crippen LogP contribution in [-0.4, -0.2) is 63.3 Å². The first-order valence-corrected chi connectivity index (χ1v) is 13.4. The van der Waals surface area contributed by atoms with Crippen molar-refractivity contribution in [1.82, 2.24) is 24.4 Å². The highest BCUT2D eigenvalue weighted by molar-refractivity contribution is 5.93. The summed E-state index contributed by atoms with van der Waals surface area (Å²) in [6, 6.07) is 13.8. The van der Waals surface area contributed by atoms with Crippen LogP contribution in [0.1, 0.15) is 52.6 Å². The Morgan fingerprint density at radius 3 is 2.62 bits per heavy atom. The number of hydrogen-bond acceptors (Lipinski definition) is 7. The average molecular weight is 534 g/mol. The number of rotatable bonds is 9. The second kappa shape index (κ2) is 11.2. The molecule has 2 fully saturated rings. The summed E-state index contributed by atoms with van der Waals surface area (Å²) in [5.74, 6) is 0.737. The lowest BCUT2D eigenvalue weighted by Gasteiger charge is -2.32. The van der Waals surface area contributed by atoms with Gasteiger partial charge in [0.05, 0.1) is 54.8 Å². The van der Waals surface area contributed by atoms with Gasteiger partial charge in [-0.1, -0.05) is 12.1 Å². The molecular formula is C29H32FN5O4. The molecule has 0 unspecified atom stereocenters. The Kier molecular flexibility index (Phi) is 7.30. The maximum absolute atomic E-state index is 13.1. The Hall–Kier alpha value is -3.76. The normalized spacial score (nSPS) is 18.3. The van der Waals surface area contributed by atoms with Gasteiger partial charge in [-0.25, -0.2) is 14.2 Å². The summed E-state index contributed by atoms with van der Waals surface area (Å²) in [4.78, 5) is 26.7. The number of likely N-dealkylation sites (tertiary alicyclic amines) is 1. The van der Waals surface area contributed by atoms with Gasteiger partial charge in [0.15, 0.2) is 0 Å². The van der Waals surface area contributed by atoms with E-state index in [2.05, 4.69) is 14.6 Å². The van der Waals surface area contributed by atoms with E-state index >= 15 is 0 Å². The lowest BCUT2D eigenvalue weighted by molar-refractivity contribution is -0.0592. The lowest BCUT2D eigenvalue weighted by atomic mass is 9.94. The highest BCUT2D eigenvalue weighted by atomic mass is 19.1. The largest absolute Gasteiger partial charge is 0.465 e. The number of fused-ring (bicyclic) bond motifs is 1. The maximum atomic E-state index is 13.1. The quantitative estimate of drug-likeness (QED) is 0.301. The number of ether oxygens (including phenoxy) is 2. The van der Waals surface area contributed by atoms with E-state index in [0.717, 1.165) is 80.2 Å². The van der Waals surface area contributed by atoms with Crippen molar-refractivity contribution in [2.45, 2.75) is 51.0 Å². The van der Waals surface area contributed by atoms with Crippen LogP contribution < -0.4 is 4.84 Å². The molecule has 10 heteroatoms. The van der Waals surface area contributed by atoms with Gasteiger partial charge < -0.3 is 18.9 Å². The predicted molar refractivity (Wildman–Crippen MR) is 142 cm³/mol. The number of hydrogen-bond donors (Lipinski definition) is 0. The summed E-state index contributed by atoms with van der Waals surface area (Å²) < 4.78 is 26.0. The van der Waals surface area contributed by atoms with Crippen LogP contribution >= 0.6 is 0 Å². The second-order valence-corrected chi connectivity index (χ2v) is 10.2. The Morgan fingerprint density at radius 2 is 1.90 bits per heavy atom. The number of benzene rings is 2. The Bertz CT molecular complexity index is 1440. The molecule has 1 atom stereocenters. The van der Waals surface area contributed by atoms with E-state index in [9.17, 15) is 9.18 Å². The molecule has 0 radical (unpaired) electrons. The molecule has 2 aliphatic rings. The monoisotopic (exact) mass is 533 g/mol. The van der Waals surface area contributed by atoms with Gasteiger partial charge in [0.1, 0.15) is 18.2 Å². The van der Waals surface area contributed by atoms with Gasteiger partial charge >= 0.3 is 5.97 Å². The standard InChI is InChI=1S/C29H32FN5O4/c1-37-29(36)22-4-7-26-27(16-22)34(17-24-11-15-38-24)28(31-26)18-33-12-8-21(9-13-33)25-10-14-35(32-25)39-19-20-2-5-23(30)6-3-20/h2-7,10,14,16,21,24H,8-9,11-13,15,17-19H2,1H3/t24-/m0/s1. The van der Waals surface area contributed by atoms with E-state index in [0.29, 0.717) is 18.1 Å². The second-order valence-electron chi connectivity index (χ2n) is 10.2. The number of methoxy groups -OCH3 is 1. The zero-order valence-electron chi connectivity index (χ0n) is 22.0. The van der Waals surface area contributed by atoms with E-state index in [1.165, 1.54) is 24.1 Å². The minimum absolute atomic E-state index is 0.175. The predicted octanol–water partition coefficient (Wildman–Crippen LogP) is 3.96. The molecule has 6 rings (SSSR count). The molecular weight excluding hydrogens is 501 g/mol. The Labute approximate surface area is 226 Å². The van der Waals surface area contributed by atoms with Gasteiger partial charge in [0.25, 0.3) is 0 Å². The summed E-state index contributed by atoms with van der Waals surface area (Å²) in [5.41, 5.74) is 4.24. The van der Waals surface area contributed by atoms with E-state index < -0.39 is 0 Å². The van der Waals surface area contributed by atoms with Crippen molar-refractivity contribution in [3.05, 3.63) is 83.2 Å². The van der Waals surface area contributed by atoms with Crippen molar-refractivity contribution in [3.8, 4) is 0 Å². The van der Waals surface area contributed by atoms with Crippen LogP contribution in [-0.2, 0) is 29.2 Å². The topological polar surface area (TPSA) is 83.6 Å². The highest BCUT2D eigenvalue weighted by Gasteiger charge is 2.26. The first-order chi connectivity index (χ1) is 19.1. The van der Waals surface area contributed by atoms with Crippen molar-refractivity contribution in [3.63, 3.8) is 0 Å². The number of esters is 1. The summed E-state index contributed by atoms with van der Waals surface area (Å²) in [5, 5.41) is 4.63. The molecule has 4 heterocycles. The smallest absolute Gasteiger partial charge is 0.337 e. The Balaban J connectivity index is 1.09. The van der Waals surface area contributed by atoms with E-state index in [-0.39, 0.29) is 17.9 Å². The van der Waals surface area contributed by atoms with Crippen molar-refractivity contribution in [2.24, 2.45) is 0 Å². The van der Waals surface area contributed by atoms with Gasteiger partial charge in [-0.15, -0.1) is 9.94 Å². The average Bonchev–Trinajstić information content (AvgIpc) is 3.54. The maximum Gasteiger partial charge on any atom is 0.337 e. The van der Waals surface area contributed by atoms with Gasteiger partial charge in [-0.05, 0) is 74.3 Å². The number of nitrogens with zero attached hydrogens (tertiary/aromatic N) is 5. The van der Waals surface area contributed by atoms with E-state index in [1.54, 1.807) is 18.2 Å². The van der Waals surface area contributed by atoms with Gasteiger partial charge in [-0.2, -0.15) is 0 Å². The molecule has 0 amide bonds. The van der Waals surface area contributed by atoms with Crippen LogP contribution in [0.4, 0.5) is 4.39 Å². The van der Waals surface area contributed by atoms with Crippen LogP contribution in [0.5, 0.6) is 0 Å². The Morgan fingerprint density at radius 1 is 1.10 bits per heavy atom. The third-order valence-electron chi connectivity index (χ3n) is 7.66. The number of carbonyl (C=O) groups is 1. The van der Waals surface area contributed by atoms with E-state index in [1.807, 2.05) is 24.4 Å². The van der Waals surface area contributed by atoms with Crippen molar-refractivity contribution in [1.29, 1.82) is 0 Å². The first kappa shape index (κ1) is 25.5. The van der Waals surface area contributed by atoms with Crippen LogP contribution in [0.3, 0.4) is 0 Å². The highest BCUT2D eigenvalue weighted by Crippen LogP contribution is 2.29. The summed E-state index contributed by atoms with van der Waals surface area (Å²) >= 11 is 0. The molecule has 0 saturated carbocycles. The van der Waals surface area contributed by atoms with Crippen molar-refractivity contribution in [2.75, 3.05) is 26.8 Å². The molecule has 2 aromatic heterocycles. The number of halogens is 1. The van der Waals surface area contributed by atoms with Crippen LogP contribution in [0.15, 0.2) is 54.7 Å². The summed E-state index contributed by atoms with van der Waals surface area (Å²) in [6.45, 7) is 4.45. The zero-order valence-corrected chi connectivity index (χ0v) is 22.0. The van der Waals surface area contributed by atoms with E-state index in [4.69, 9.17) is 19.3 Å². The molecule has 0 spiro atoms. The molecule has 39 heavy (non-hydrogen) atoms. The van der Waals surface area contributed by atoms with Crippen LogP contribution in [0.2, 0.25) is 0 Å². The minimum atomic E-state index is -0.350. The van der Waals surface area contributed by atoms with Gasteiger partial charge in [0.2, 0.25) is 0 Å². The van der Waals surface area contributed by atoms with Crippen LogP contribution in [0.25, 0.3) is 11.0 Å². The molecule has 204 valence electrons. The molecule has 2 aromatic carbocycles. The SMILES string of the molecule is COC(=O)c1ccc2nc(CN3CCC(c4ccn(OCc5ccc(F)cc5)n4)CC3)n(C[C@@H]3CCO3)c2c1. The van der Waals surface area contributed by atoms with Gasteiger partial charge in [0, 0.05) is 12.5 Å². The number of piperidine rings is 1. The molecule has 0 aliphatic carbocycles. The molecule has 9 nitrogen and oxygen atoms in total. The molecule has 4 aromatic rings. The van der Waals surface area contributed by atoms with Gasteiger partial charge in [-0.3, -0.25) is 4.90 Å². The number of aromatic nitrogens is 4. The first-order valence-electron chi connectivity index (χ1n) is 13.4. The number of carbonyl (C=O) groups excluding carboxylic acids is 1. The summed E-state index contributed by atoms with van der Waals surface area (Å²) in [6.07, 6.45) is 5.02. The fourth-order valence-corrected chi connectivity index (χ4v) is 5.29. The fourth-order valence-electron chi connectivity index (χ4n) is 5.29. The summed E-state index contributed by atoms with van der Waals surface area (Å²) in [7, 11) is 1.40. The molecule has 2 aliphatic heterocycles. The lowest BCUT2D eigenvalue weighted by Crippen LogP contribution is -2.35. The minimum Gasteiger partial charge on any atom is -0.465 e.